The standard InChI is InChI=1S/C57H39NO/c1-57(2)50-24-13-12-22-44(50)45-30-28-41(35-51(45)57)58(53-33-40-19-8-9-20-42(40)43-21-10-11-23-46(43)53)52-25-14-26-54-56(52)49-32-38-18-7-6-17-37(38)31-48(49)47-29-27-39(34-55(47)59-54)36-15-4-3-5-16-36/h3-35H,1-2H3. The van der Waals surface area contributed by atoms with Gasteiger partial charge in [-0.2, -0.15) is 0 Å². The summed E-state index contributed by atoms with van der Waals surface area (Å²) >= 11 is 0. The van der Waals surface area contributed by atoms with E-state index in [0.717, 1.165) is 61.9 Å². The maximum absolute atomic E-state index is 7.22. The second kappa shape index (κ2) is 12.8. The van der Waals surface area contributed by atoms with Gasteiger partial charge in [-0.05, 0) is 126 Å². The first-order valence-electron chi connectivity index (χ1n) is 20.5. The molecule has 0 saturated carbocycles. The average molecular weight is 754 g/mol. The van der Waals surface area contributed by atoms with Crippen LogP contribution in [-0.2, 0) is 5.41 Å². The Morgan fingerprint density at radius 3 is 1.86 bits per heavy atom. The molecule has 0 spiro atoms. The molecule has 59 heavy (non-hydrogen) atoms. The fraction of sp³-hybridized carbons (Fsp3) is 0.0526. The Morgan fingerprint density at radius 2 is 1.03 bits per heavy atom. The van der Waals surface area contributed by atoms with Crippen molar-refractivity contribution in [3.8, 4) is 56.0 Å². The predicted octanol–water partition coefficient (Wildman–Crippen LogP) is 16.0. The van der Waals surface area contributed by atoms with Gasteiger partial charge in [0.25, 0.3) is 0 Å². The molecule has 2 heteroatoms. The highest BCUT2D eigenvalue weighted by molar-refractivity contribution is 6.15. The Bertz CT molecular complexity index is 3340. The minimum absolute atomic E-state index is 0.167. The third-order valence-corrected chi connectivity index (χ3v) is 12.8. The van der Waals surface area contributed by atoms with Crippen molar-refractivity contribution < 1.29 is 4.74 Å². The third-order valence-electron chi connectivity index (χ3n) is 12.8. The molecule has 2 aliphatic rings. The highest BCUT2D eigenvalue weighted by Crippen LogP contribution is 2.56. The minimum Gasteiger partial charge on any atom is -0.456 e. The monoisotopic (exact) mass is 753 g/mol. The van der Waals surface area contributed by atoms with Gasteiger partial charge in [-0.1, -0.05) is 159 Å². The number of benzene rings is 10. The zero-order valence-corrected chi connectivity index (χ0v) is 32.9. The van der Waals surface area contributed by atoms with Gasteiger partial charge in [0.05, 0.1) is 11.4 Å². The Morgan fingerprint density at radius 1 is 0.373 bits per heavy atom. The maximum atomic E-state index is 7.22. The number of ether oxygens (including phenoxy) is 1. The van der Waals surface area contributed by atoms with Crippen LogP contribution in [0.3, 0.4) is 0 Å². The number of fused-ring (bicyclic) bond motifs is 12. The maximum Gasteiger partial charge on any atom is 0.137 e. The Hall–Kier alpha value is -7.42. The fourth-order valence-corrected chi connectivity index (χ4v) is 9.95. The van der Waals surface area contributed by atoms with Crippen LogP contribution in [0.5, 0.6) is 11.5 Å². The van der Waals surface area contributed by atoms with E-state index < -0.39 is 0 Å². The molecule has 0 unspecified atom stereocenters. The largest absolute Gasteiger partial charge is 0.456 e. The number of nitrogens with zero attached hydrogens (tertiary/aromatic N) is 1. The lowest BCUT2D eigenvalue weighted by atomic mass is 9.82. The number of rotatable bonds is 4. The smallest absolute Gasteiger partial charge is 0.137 e. The lowest BCUT2D eigenvalue weighted by Crippen LogP contribution is -2.17. The first-order chi connectivity index (χ1) is 29.0. The molecule has 0 fully saturated rings. The Kier molecular flexibility index (Phi) is 7.31. The normalized spacial score (nSPS) is 13.2. The van der Waals surface area contributed by atoms with Gasteiger partial charge >= 0.3 is 0 Å². The van der Waals surface area contributed by atoms with Crippen molar-refractivity contribution >= 4 is 49.4 Å². The summed E-state index contributed by atoms with van der Waals surface area (Å²) in [6, 6.07) is 73.2. The molecule has 10 aromatic carbocycles. The molecule has 0 N–H and O–H groups in total. The van der Waals surface area contributed by atoms with Crippen LogP contribution in [-0.4, -0.2) is 0 Å². The van der Waals surface area contributed by atoms with E-state index in [1.807, 2.05) is 0 Å². The summed E-state index contributed by atoms with van der Waals surface area (Å²) in [5.41, 5.74) is 15.1. The van der Waals surface area contributed by atoms with Gasteiger partial charge < -0.3 is 9.64 Å². The quantitative estimate of drug-likeness (QED) is 0.166. The molecule has 0 aromatic heterocycles. The van der Waals surface area contributed by atoms with Crippen LogP contribution in [0, 0.1) is 0 Å². The molecule has 1 aliphatic carbocycles. The summed E-state index contributed by atoms with van der Waals surface area (Å²) in [5.74, 6) is 1.67. The van der Waals surface area contributed by atoms with Crippen molar-refractivity contribution in [2.24, 2.45) is 0 Å². The molecule has 1 aliphatic heterocycles. The van der Waals surface area contributed by atoms with E-state index in [1.54, 1.807) is 0 Å². The van der Waals surface area contributed by atoms with E-state index in [9.17, 15) is 0 Å². The van der Waals surface area contributed by atoms with Crippen molar-refractivity contribution in [1.29, 1.82) is 0 Å². The fourth-order valence-electron chi connectivity index (χ4n) is 9.95. The predicted molar refractivity (Wildman–Crippen MR) is 248 cm³/mol. The van der Waals surface area contributed by atoms with E-state index in [2.05, 4.69) is 219 Å². The van der Waals surface area contributed by atoms with E-state index in [-0.39, 0.29) is 5.41 Å². The van der Waals surface area contributed by atoms with Crippen molar-refractivity contribution in [3.63, 3.8) is 0 Å². The van der Waals surface area contributed by atoms with E-state index in [1.165, 1.54) is 54.6 Å². The number of hydrogen-bond donors (Lipinski definition) is 0. The van der Waals surface area contributed by atoms with Crippen molar-refractivity contribution in [1.82, 2.24) is 0 Å². The van der Waals surface area contributed by atoms with Gasteiger partial charge in [0.1, 0.15) is 11.5 Å². The van der Waals surface area contributed by atoms with Crippen LogP contribution in [0.4, 0.5) is 17.1 Å². The highest BCUT2D eigenvalue weighted by Gasteiger charge is 2.36. The summed E-state index contributed by atoms with van der Waals surface area (Å²) in [6.45, 7) is 4.73. The SMILES string of the molecule is CC1(C)c2ccccc2-c2ccc(N(c3cccc4c3-c3cc5ccccc5cc3-c3ccc(-c5ccccc5)cc3O4)c3cc4ccccc4c4ccccc34)cc21. The van der Waals surface area contributed by atoms with Crippen LogP contribution in [0.15, 0.2) is 200 Å². The number of anilines is 3. The van der Waals surface area contributed by atoms with Crippen LogP contribution in [0.1, 0.15) is 25.0 Å². The van der Waals surface area contributed by atoms with Gasteiger partial charge in [-0.15, -0.1) is 0 Å². The molecular weight excluding hydrogens is 715 g/mol. The molecule has 0 amide bonds. The second-order valence-electron chi connectivity index (χ2n) is 16.5. The first kappa shape index (κ1) is 33.7. The number of hydrogen-bond acceptors (Lipinski definition) is 2. The van der Waals surface area contributed by atoms with Gasteiger partial charge in [-0.3, -0.25) is 0 Å². The lowest BCUT2D eigenvalue weighted by molar-refractivity contribution is 0.488. The molecule has 10 aromatic rings. The van der Waals surface area contributed by atoms with E-state index in [0.29, 0.717) is 0 Å². The zero-order valence-electron chi connectivity index (χ0n) is 32.9. The van der Waals surface area contributed by atoms with Crippen LogP contribution < -0.4 is 9.64 Å². The summed E-state index contributed by atoms with van der Waals surface area (Å²) < 4.78 is 7.22. The van der Waals surface area contributed by atoms with Crippen LogP contribution in [0.2, 0.25) is 0 Å². The summed E-state index contributed by atoms with van der Waals surface area (Å²) in [7, 11) is 0. The van der Waals surface area contributed by atoms with E-state index in [4.69, 9.17) is 4.74 Å². The average Bonchev–Trinajstić information content (AvgIpc) is 3.42. The van der Waals surface area contributed by atoms with Crippen molar-refractivity contribution in [2.75, 3.05) is 4.90 Å². The molecule has 0 radical (unpaired) electrons. The molecule has 1 heterocycles. The molecule has 0 bridgehead atoms. The lowest BCUT2D eigenvalue weighted by Gasteiger charge is -2.31. The summed E-state index contributed by atoms with van der Waals surface area (Å²) in [4.78, 5) is 2.50. The topological polar surface area (TPSA) is 12.5 Å². The second-order valence-corrected chi connectivity index (χ2v) is 16.5. The summed E-state index contributed by atoms with van der Waals surface area (Å²) in [6.07, 6.45) is 0. The van der Waals surface area contributed by atoms with Crippen molar-refractivity contribution in [3.05, 3.63) is 211 Å². The highest BCUT2D eigenvalue weighted by atomic mass is 16.5. The first-order valence-corrected chi connectivity index (χ1v) is 20.5. The molecular formula is C57H39NO. The minimum atomic E-state index is -0.167. The van der Waals surface area contributed by atoms with E-state index >= 15 is 0 Å². The Labute approximate surface area is 344 Å². The summed E-state index contributed by atoms with van der Waals surface area (Å²) in [5, 5.41) is 7.25. The zero-order chi connectivity index (χ0) is 39.2. The third kappa shape index (κ3) is 5.13. The van der Waals surface area contributed by atoms with Crippen LogP contribution >= 0.6 is 0 Å². The van der Waals surface area contributed by atoms with Crippen LogP contribution in [0.25, 0.3) is 76.8 Å². The molecule has 0 saturated heterocycles. The Balaban J connectivity index is 1.17. The molecule has 2 nitrogen and oxygen atoms in total. The molecule has 278 valence electrons. The molecule has 12 rings (SSSR count). The van der Waals surface area contributed by atoms with Crippen molar-refractivity contribution in [2.45, 2.75) is 19.3 Å². The molecule has 0 atom stereocenters. The van der Waals surface area contributed by atoms with Gasteiger partial charge in [0.2, 0.25) is 0 Å². The van der Waals surface area contributed by atoms with Gasteiger partial charge in [-0.25, -0.2) is 0 Å². The van der Waals surface area contributed by atoms with Gasteiger partial charge in [0.15, 0.2) is 0 Å². The van der Waals surface area contributed by atoms with Gasteiger partial charge in [0, 0.05) is 27.6 Å².